The number of nitrogens with one attached hydrogen (secondary N) is 1. The van der Waals surface area contributed by atoms with Crippen LogP contribution in [0.1, 0.15) is 40.0 Å². The maximum absolute atomic E-state index is 12.5. The minimum atomic E-state index is -0.0506. The number of carbonyl (C=O) groups excluding carboxylic acids is 1. The molecule has 3 rings (SSSR count). The van der Waals surface area contributed by atoms with Crippen molar-refractivity contribution >= 4 is 5.91 Å². The fraction of sp³-hybridized carbons (Fsp3) is 0.174. The molecule has 0 aromatic heterocycles. The molecule has 0 spiro atoms. The Hall–Kier alpha value is -2.87. The zero-order valence-corrected chi connectivity index (χ0v) is 14.9. The van der Waals surface area contributed by atoms with Crippen LogP contribution in [0.3, 0.4) is 0 Å². The predicted molar refractivity (Wildman–Crippen MR) is 104 cm³/mol. The molecule has 0 saturated carbocycles. The Morgan fingerprint density at radius 2 is 1.44 bits per heavy atom. The van der Waals surface area contributed by atoms with Gasteiger partial charge >= 0.3 is 0 Å². The zero-order chi connectivity index (χ0) is 17.8. The Bertz CT molecular complexity index is 866. The first kappa shape index (κ1) is 17.0. The fourth-order valence-corrected chi connectivity index (χ4v) is 2.84. The molecule has 0 saturated heterocycles. The molecule has 3 aromatic rings. The van der Waals surface area contributed by atoms with Crippen molar-refractivity contribution in [3.05, 3.63) is 95.1 Å². The van der Waals surface area contributed by atoms with E-state index in [1.807, 2.05) is 49.4 Å². The second-order valence-electron chi connectivity index (χ2n) is 6.48. The number of aryl methyl sites for hydroxylation is 2. The SMILES string of the molecule is Cc1ccc([C@@H](C)NC(=O)c2ccc(-c3ccccc3)cc2)cc1C. The van der Waals surface area contributed by atoms with Crippen molar-refractivity contribution in [1.82, 2.24) is 5.32 Å². The van der Waals surface area contributed by atoms with Gasteiger partial charge in [-0.15, -0.1) is 0 Å². The molecule has 0 aliphatic heterocycles. The molecule has 0 aliphatic carbocycles. The van der Waals surface area contributed by atoms with Gasteiger partial charge in [0.05, 0.1) is 6.04 Å². The summed E-state index contributed by atoms with van der Waals surface area (Å²) < 4.78 is 0. The maximum Gasteiger partial charge on any atom is 0.251 e. The van der Waals surface area contributed by atoms with Crippen LogP contribution in [0.2, 0.25) is 0 Å². The van der Waals surface area contributed by atoms with E-state index < -0.39 is 0 Å². The lowest BCUT2D eigenvalue weighted by atomic mass is 10.0. The van der Waals surface area contributed by atoms with Gasteiger partial charge in [-0.3, -0.25) is 4.79 Å². The predicted octanol–water partition coefficient (Wildman–Crippen LogP) is 5.46. The van der Waals surface area contributed by atoms with Gasteiger partial charge in [0.2, 0.25) is 0 Å². The number of rotatable bonds is 4. The lowest BCUT2D eigenvalue weighted by molar-refractivity contribution is 0.0940. The van der Waals surface area contributed by atoms with Crippen LogP contribution in [-0.2, 0) is 0 Å². The molecule has 126 valence electrons. The molecule has 0 radical (unpaired) electrons. The summed E-state index contributed by atoms with van der Waals surface area (Å²) in [6.45, 7) is 6.20. The minimum Gasteiger partial charge on any atom is -0.346 e. The number of hydrogen-bond donors (Lipinski definition) is 1. The van der Waals surface area contributed by atoms with Gasteiger partial charge in [-0.2, -0.15) is 0 Å². The maximum atomic E-state index is 12.5. The van der Waals surface area contributed by atoms with Gasteiger partial charge in [0.1, 0.15) is 0 Å². The quantitative estimate of drug-likeness (QED) is 0.676. The molecule has 1 atom stereocenters. The van der Waals surface area contributed by atoms with Crippen molar-refractivity contribution in [3.8, 4) is 11.1 Å². The van der Waals surface area contributed by atoms with Crippen LogP contribution in [0, 0.1) is 13.8 Å². The van der Waals surface area contributed by atoms with Gasteiger partial charge in [-0.25, -0.2) is 0 Å². The largest absolute Gasteiger partial charge is 0.346 e. The molecule has 25 heavy (non-hydrogen) atoms. The summed E-state index contributed by atoms with van der Waals surface area (Å²) in [5.41, 5.74) is 6.56. The summed E-state index contributed by atoms with van der Waals surface area (Å²) in [6, 6.07) is 24.2. The summed E-state index contributed by atoms with van der Waals surface area (Å²) in [5, 5.41) is 3.08. The molecule has 0 heterocycles. The van der Waals surface area contributed by atoms with Crippen molar-refractivity contribution in [2.24, 2.45) is 0 Å². The van der Waals surface area contributed by atoms with Crippen LogP contribution in [0.25, 0.3) is 11.1 Å². The fourth-order valence-electron chi connectivity index (χ4n) is 2.84. The second-order valence-corrected chi connectivity index (χ2v) is 6.48. The normalized spacial score (nSPS) is 11.8. The monoisotopic (exact) mass is 329 g/mol. The van der Waals surface area contributed by atoms with Gasteiger partial charge in [0, 0.05) is 5.56 Å². The van der Waals surface area contributed by atoms with E-state index in [-0.39, 0.29) is 11.9 Å². The molecule has 0 bridgehead atoms. The summed E-state index contributed by atoms with van der Waals surface area (Å²) >= 11 is 0. The van der Waals surface area contributed by atoms with E-state index in [2.05, 4.69) is 49.5 Å². The Balaban J connectivity index is 1.71. The average molecular weight is 329 g/mol. The molecule has 2 heteroatoms. The topological polar surface area (TPSA) is 29.1 Å². The molecule has 3 aromatic carbocycles. The number of benzene rings is 3. The third-order valence-electron chi connectivity index (χ3n) is 4.63. The van der Waals surface area contributed by atoms with Crippen molar-refractivity contribution in [2.75, 3.05) is 0 Å². The third-order valence-corrected chi connectivity index (χ3v) is 4.63. The van der Waals surface area contributed by atoms with Crippen molar-refractivity contribution in [3.63, 3.8) is 0 Å². The lowest BCUT2D eigenvalue weighted by Gasteiger charge is -2.16. The van der Waals surface area contributed by atoms with Gasteiger partial charge in [0.25, 0.3) is 5.91 Å². The van der Waals surface area contributed by atoms with Gasteiger partial charge in [-0.1, -0.05) is 60.7 Å². The highest BCUT2D eigenvalue weighted by molar-refractivity contribution is 5.94. The van der Waals surface area contributed by atoms with E-state index in [1.165, 1.54) is 11.1 Å². The average Bonchev–Trinajstić information content (AvgIpc) is 2.64. The Morgan fingerprint density at radius 3 is 2.08 bits per heavy atom. The standard InChI is InChI=1S/C23H23NO/c1-16-9-10-22(15-17(16)2)18(3)24-23(25)21-13-11-20(12-14-21)19-7-5-4-6-8-19/h4-15,18H,1-3H3,(H,24,25)/t18-/m1/s1. The number of amides is 1. The van der Waals surface area contributed by atoms with Gasteiger partial charge < -0.3 is 5.32 Å². The van der Waals surface area contributed by atoms with Crippen LogP contribution in [-0.4, -0.2) is 5.91 Å². The van der Waals surface area contributed by atoms with Crippen LogP contribution in [0.5, 0.6) is 0 Å². The minimum absolute atomic E-state index is 0.0272. The lowest BCUT2D eigenvalue weighted by Crippen LogP contribution is -2.26. The first-order valence-electron chi connectivity index (χ1n) is 8.58. The van der Waals surface area contributed by atoms with E-state index in [0.717, 1.165) is 16.7 Å². The Labute approximate surface area is 149 Å². The molecule has 0 aliphatic rings. The summed E-state index contributed by atoms with van der Waals surface area (Å²) in [6.07, 6.45) is 0. The Kier molecular flexibility index (Phi) is 4.99. The second kappa shape index (κ2) is 7.35. The molecular formula is C23H23NO. The van der Waals surface area contributed by atoms with Crippen LogP contribution >= 0.6 is 0 Å². The molecule has 1 amide bonds. The van der Waals surface area contributed by atoms with Crippen LogP contribution in [0.15, 0.2) is 72.8 Å². The van der Waals surface area contributed by atoms with Gasteiger partial charge in [0.15, 0.2) is 0 Å². The smallest absolute Gasteiger partial charge is 0.251 e. The van der Waals surface area contributed by atoms with Crippen molar-refractivity contribution < 1.29 is 4.79 Å². The number of hydrogen-bond acceptors (Lipinski definition) is 1. The van der Waals surface area contributed by atoms with Crippen LogP contribution in [0.4, 0.5) is 0 Å². The van der Waals surface area contributed by atoms with Gasteiger partial charge in [-0.05, 0) is 60.7 Å². The van der Waals surface area contributed by atoms with E-state index in [0.29, 0.717) is 5.56 Å². The van der Waals surface area contributed by atoms with Crippen LogP contribution < -0.4 is 5.32 Å². The number of carbonyl (C=O) groups is 1. The first-order chi connectivity index (χ1) is 12.0. The summed E-state index contributed by atoms with van der Waals surface area (Å²) in [7, 11) is 0. The van der Waals surface area contributed by atoms with E-state index in [1.54, 1.807) is 0 Å². The highest BCUT2D eigenvalue weighted by Crippen LogP contribution is 2.20. The highest BCUT2D eigenvalue weighted by Gasteiger charge is 2.12. The third kappa shape index (κ3) is 3.97. The van der Waals surface area contributed by atoms with E-state index in [9.17, 15) is 4.79 Å². The van der Waals surface area contributed by atoms with E-state index in [4.69, 9.17) is 0 Å². The molecular weight excluding hydrogens is 306 g/mol. The van der Waals surface area contributed by atoms with Crippen molar-refractivity contribution in [2.45, 2.75) is 26.8 Å². The zero-order valence-electron chi connectivity index (χ0n) is 14.9. The molecule has 0 unspecified atom stereocenters. The summed E-state index contributed by atoms with van der Waals surface area (Å²) in [4.78, 5) is 12.5. The molecule has 2 nitrogen and oxygen atoms in total. The first-order valence-corrected chi connectivity index (χ1v) is 8.58. The Morgan fingerprint density at radius 1 is 0.800 bits per heavy atom. The summed E-state index contributed by atoms with van der Waals surface area (Å²) in [5.74, 6) is -0.0506. The van der Waals surface area contributed by atoms with Crippen molar-refractivity contribution in [1.29, 1.82) is 0 Å². The molecule has 1 N–H and O–H groups in total. The van der Waals surface area contributed by atoms with E-state index >= 15 is 0 Å². The highest BCUT2D eigenvalue weighted by atomic mass is 16.1. The molecule has 0 fully saturated rings.